The molecule has 5 nitrogen and oxygen atoms in total. The summed E-state index contributed by atoms with van der Waals surface area (Å²) in [6.07, 6.45) is 11.0. The van der Waals surface area contributed by atoms with Gasteiger partial charge in [-0.05, 0) is 25.2 Å². The molecule has 0 aromatic carbocycles. The maximum absolute atomic E-state index is 12.8. The minimum absolute atomic E-state index is 0.00518. The molecular weight excluding hydrogens is 350 g/mol. The van der Waals surface area contributed by atoms with Crippen molar-refractivity contribution in [1.29, 1.82) is 0 Å². The van der Waals surface area contributed by atoms with Crippen LogP contribution in [-0.2, 0) is 6.54 Å². The molecule has 2 unspecified atom stereocenters. The monoisotopic (exact) mass is 384 g/mol. The Morgan fingerprint density at radius 1 is 1.19 bits per heavy atom. The van der Waals surface area contributed by atoms with E-state index in [2.05, 4.69) is 12.0 Å². The van der Waals surface area contributed by atoms with E-state index in [1.54, 1.807) is 4.57 Å². The van der Waals surface area contributed by atoms with Crippen LogP contribution in [0.3, 0.4) is 0 Å². The molecule has 7 heteroatoms. The molecule has 1 aliphatic rings. The Kier molecular flexibility index (Phi) is 8.67. The SMILES string of the molecule is CC(CC(C)n1cnn(CC(CN)=C(F)F)c1=O)C1CCCCCCCC1. The zero-order valence-corrected chi connectivity index (χ0v) is 16.7. The van der Waals surface area contributed by atoms with Crippen molar-refractivity contribution in [2.75, 3.05) is 6.54 Å². The first-order valence-electron chi connectivity index (χ1n) is 10.3. The minimum atomic E-state index is -1.83. The molecular formula is C20H34F2N4O. The Bertz CT molecular complexity index is 653. The summed E-state index contributed by atoms with van der Waals surface area (Å²) in [5, 5.41) is 4.01. The van der Waals surface area contributed by atoms with E-state index in [4.69, 9.17) is 5.73 Å². The van der Waals surface area contributed by atoms with Crippen molar-refractivity contribution < 1.29 is 8.78 Å². The van der Waals surface area contributed by atoms with Crippen molar-refractivity contribution in [3.05, 3.63) is 28.5 Å². The number of nitrogens with two attached hydrogens (primary N) is 1. The molecule has 2 rings (SSSR count). The molecule has 2 atom stereocenters. The van der Waals surface area contributed by atoms with Crippen molar-refractivity contribution in [2.45, 2.75) is 84.2 Å². The maximum atomic E-state index is 12.8. The third kappa shape index (κ3) is 6.26. The molecule has 1 aromatic heterocycles. The second kappa shape index (κ2) is 10.7. The van der Waals surface area contributed by atoms with E-state index in [1.165, 1.54) is 57.7 Å². The Labute approximate surface area is 160 Å². The highest BCUT2D eigenvalue weighted by Crippen LogP contribution is 2.32. The lowest BCUT2D eigenvalue weighted by atomic mass is 9.82. The molecule has 154 valence electrons. The summed E-state index contributed by atoms with van der Waals surface area (Å²) in [4.78, 5) is 12.5. The summed E-state index contributed by atoms with van der Waals surface area (Å²) in [6, 6.07) is -0.00518. The van der Waals surface area contributed by atoms with Gasteiger partial charge in [-0.2, -0.15) is 13.9 Å². The van der Waals surface area contributed by atoms with Gasteiger partial charge in [-0.25, -0.2) is 9.48 Å². The van der Waals surface area contributed by atoms with Gasteiger partial charge in [-0.15, -0.1) is 0 Å². The molecule has 0 bridgehead atoms. The molecule has 0 spiro atoms. The van der Waals surface area contributed by atoms with Crippen molar-refractivity contribution in [3.63, 3.8) is 0 Å². The fraction of sp³-hybridized carbons (Fsp3) is 0.800. The quantitative estimate of drug-likeness (QED) is 0.753. The smallest absolute Gasteiger partial charge is 0.327 e. The van der Waals surface area contributed by atoms with E-state index < -0.39 is 6.08 Å². The zero-order chi connectivity index (χ0) is 19.8. The summed E-state index contributed by atoms with van der Waals surface area (Å²) < 4.78 is 28.2. The van der Waals surface area contributed by atoms with Crippen LogP contribution in [0.1, 0.15) is 77.7 Å². The van der Waals surface area contributed by atoms with Gasteiger partial charge in [0, 0.05) is 18.2 Å². The summed E-state index contributed by atoms with van der Waals surface area (Å²) in [7, 11) is 0. The Morgan fingerprint density at radius 3 is 2.33 bits per heavy atom. The predicted molar refractivity (Wildman–Crippen MR) is 104 cm³/mol. The van der Waals surface area contributed by atoms with E-state index in [9.17, 15) is 13.6 Å². The highest BCUT2D eigenvalue weighted by atomic mass is 19.3. The Hall–Kier alpha value is -1.50. The van der Waals surface area contributed by atoms with Gasteiger partial charge in [-0.3, -0.25) is 4.57 Å². The van der Waals surface area contributed by atoms with Crippen LogP contribution in [0.15, 0.2) is 22.8 Å². The van der Waals surface area contributed by atoms with E-state index >= 15 is 0 Å². The second-order valence-electron chi connectivity index (χ2n) is 8.07. The van der Waals surface area contributed by atoms with Gasteiger partial charge in [0.15, 0.2) is 0 Å². The van der Waals surface area contributed by atoms with Crippen LogP contribution in [0.25, 0.3) is 0 Å². The number of aromatic nitrogens is 3. The van der Waals surface area contributed by atoms with Crippen molar-refractivity contribution in [3.8, 4) is 0 Å². The van der Waals surface area contributed by atoms with Crippen LogP contribution in [0, 0.1) is 11.8 Å². The lowest BCUT2D eigenvalue weighted by Gasteiger charge is -2.26. The van der Waals surface area contributed by atoms with Crippen LogP contribution < -0.4 is 11.4 Å². The molecule has 0 amide bonds. The largest absolute Gasteiger partial charge is 0.346 e. The van der Waals surface area contributed by atoms with Crippen molar-refractivity contribution >= 4 is 0 Å². The first kappa shape index (κ1) is 21.8. The maximum Gasteiger partial charge on any atom is 0.346 e. The molecule has 1 saturated carbocycles. The van der Waals surface area contributed by atoms with Crippen LogP contribution in [0.4, 0.5) is 8.78 Å². The number of halogens is 2. The van der Waals surface area contributed by atoms with Gasteiger partial charge < -0.3 is 5.73 Å². The average Bonchev–Trinajstić information content (AvgIpc) is 3.05. The fourth-order valence-electron chi connectivity index (χ4n) is 4.22. The average molecular weight is 385 g/mol. The molecule has 27 heavy (non-hydrogen) atoms. The van der Waals surface area contributed by atoms with Crippen LogP contribution in [-0.4, -0.2) is 20.9 Å². The van der Waals surface area contributed by atoms with Gasteiger partial charge in [-0.1, -0.05) is 58.3 Å². The van der Waals surface area contributed by atoms with E-state index in [0.29, 0.717) is 11.8 Å². The van der Waals surface area contributed by atoms with E-state index in [0.717, 1.165) is 11.1 Å². The molecule has 0 radical (unpaired) electrons. The Balaban J connectivity index is 2.01. The standard InChI is InChI=1S/C20H34F2N4O/c1-15(17-9-7-5-3-4-6-8-10-17)11-16(2)25-14-24-26(20(25)27)13-18(12-23)19(21)22/h14-17H,3-13,23H2,1-2H3. The topological polar surface area (TPSA) is 65.8 Å². The number of hydrogen-bond donors (Lipinski definition) is 1. The molecule has 2 N–H and O–H groups in total. The van der Waals surface area contributed by atoms with Gasteiger partial charge in [0.2, 0.25) is 0 Å². The second-order valence-corrected chi connectivity index (χ2v) is 8.07. The Morgan fingerprint density at radius 2 is 1.78 bits per heavy atom. The fourth-order valence-corrected chi connectivity index (χ4v) is 4.22. The van der Waals surface area contributed by atoms with Crippen molar-refractivity contribution in [1.82, 2.24) is 14.3 Å². The lowest BCUT2D eigenvalue weighted by molar-refractivity contribution is 0.256. The van der Waals surface area contributed by atoms with Crippen LogP contribution in [0.2, 0.25) is 0 Å². The normalized spacial score (nSPS) is 19.0. The summed E-state index contributed by atoms with van der Waals surface area (Å²) in [5.41, 5.74) is 4.73. The van der Waals surface area contributed by atoms with Crippen LogP contribution in [0.5, 0.6) is 0 Å². The number of nitrogens with zero attached hydrogens (tertiary/aromatic N) is 3. The van der Waals surface area contributed by atoms with Gasteiger partial charge in [0.25, 0.3) is 6.08 Å². The molecule has 1 aliphatic carbocycles. The number of hydrogen-bond acceptors (Lipinski definition) is 3. The molecule has 1 heterocycles. The van der Waals surface area contributed by atoms with Crippen LogP contribution >= 0.6 is 0 Å². The molecule has 0 aliphatic heterocycles. The zero-order valence-electron chi connectivity index (χ0n) is 16.7. The third-order valence-electron chi connectivity index (χ3n) is 6.00. The first-order valence-corrected chi connectivity index (χ1v) is 10.3. The third-order valence-corrected chi connectivity index (χ3v) is 6.00. The summed E-state index contributed by atoms with van der Waals surface area (Å²) >= 11 is 0. The summed E-state index contributed by atoms with van der Waals surface area (Å²) in [5.74, 6) is 1.22. The highest BCUT2D eigenvalue weighted by Gasteiger charge is 2.22. The van der Waals surface area contributed by atoms with E-state index in [-0.39, 0.29) is 30.4 Å². The van der Waals surface area contributed by atoms with Gasteiger partial charge in [0.05, 0.1) is 6.54 Å². The summed E-state index contributed by atoms with van der Waals surface area (Å²) in [6.45, 7) is 3.75. The van der Waals surface area contributed by atoms with Gasteiger partial charge >= 0.3 is 5.69 Å². The highest BCUT2D eigenvalue weighted by molar-refractivity contribution is 5.03. The minimum Gasteiger partial charge on any atom is -0.327 e. The number of rotatable bonds is 7. The van der Waals surface area contributed by atoms with E-state index in [1.807, 2.05) is 6.92 Å². The molecule has 1 fully saturated rings. The van der Waals surface area contributed by atoms with Gasteiger partial charge in [0.1, 0.15) is 6.33 Å². The lowest BCUT2D eigenvalue weighted by Crippen LogP contribution is -2.29. The predicted octanol–water partition coefficient (Wildman–Crippen LogP) is 4.49. The van der Waals surface area contributed by atoms with Crippen molar-refractivity contribution in [2.24, 2.45) is 17.6 Å². The molecule has 1 aromatic rings. The first-order chi connectivity index (χ1) is 12.9. The molecule has 0 saturated heterocycles.